The maximum atomic E-state index is 12.7. The van der Waals surface area contributed by atoms with Crippen LogP contribution in [-0.4, -0.2) is 52.3 Å². The van der Waals surface area contributed by atoms with Crippen molar-refractivity contribution in [2.24, 2.45) is 5.73 Å². The lowest BCUT2D eigenvalue weighted by atomic mass is 10.1. The fraction of sp³-hybridized carbons (Fsp3) is 0.276. The van der Waals surface area contributed by atoms with Crippen molar-refractivity contribution in [3.05, 3.63) is 94.5 Å². The summed E-state index contributed by atoms with van der Waals surface area (Å²) in [6.45, 7) is 5.28. The first-order valence-corrected chi connectivity index (χ1v) is 12.1. The molecule has 0 spiro atoms. The summed E-state index contributed by atoms with van der Waals surface area (Å²) in [7, 11) is 3.29. The number of nitriles is 1. The average Bonchev–Trinajstić information content (AvgIpc) is 2.94. The molecular formula is C29H35N5O4. The smallest absolute Gasteiger partial charge is 0.255 e. The normalized spacial score (nSPS) is 10.1. The molecular weight excluding hydrogens is 482 g/mol. The topological polar surface area (TPSA) is 138 Å². The van der Waals surface area contributed by atoms with E-state index in [-0.39, 0.29) is 11.8 Å². The molecule has 9 nitrogen and oxygen atoms in total. The molecule has 0 bridgehead atoms. The van der Waals surface area contributed by atoms with Crippen LogP contribution < -0.4 is 21.7 Å². The minimum absolute atomic E-state index is 0.229. The summed E-state index contributed by atoms with van der Waals surface area (Å²) >= 11 is 0. The number of anilines is 2. The molecule has 200 valence electrons. The second kappa shape index (κ2) is 16.6. The Morgan fingerprint density at radius 2 is 1.47 bits per heavy atom. The molecule has 3 aromatic rings. The van der Waals surface area contributed by atoms with Gasteiger partial charge in [-0.25, -0.2) is 0 Å². The molecule has 0 unspecified atom stereocenters. The van der Waals surface area contributed by atoms with Crippen molar-refractivity contribution in [2.45, 2.75) is 13.5 Å². The number of nitrogens with zero attached hydrogens (tertiary/aromatic N) is 1. The SMILES string of the molecule is COCCN.COCCNCc1ccc(C(=O)Nc2cc(NC(=O)c3ccc(C#N)cc3)ccc2C)cc1. The maximum Gasteiger partial charge on any atom is 0.255 e. The third kappa shape index (κ3) is 10.1. The number of carbonyl (C=O) groups is 2. The second-order valence-electron chi connectivity index (χ2n) is 8.28. The van der Waals surface area contributed by atoms with E-state index in [1.54, 1.807) is 62.8 Å². The summed E-state index contributed by atoms with van der Waals surface area (Å²) in [4.78, 5) is 25.2. The molecule has 0 radical (unpaired) electrons. The van der Waals surface area contributed by atoms with E-state index in [0.29, 0.717) is 54.4 Å². The van der Waals surface area contributed by atoms with Crippen molar-refractivity contribution in [3.63, 3.8) is 0 Å². The summed E-state index contributed by atoms with van der Waals surface area (Å²) in [6.07, 6.45) is 0. The molecule has 0 aromatic heterocycles. The van der Waals surface area contributed by atoms with Crippen LogP contribution in [0.15, 0.2) is 66.7 Å². The summed E-state index contributed by atoms with van der Waals surface area (Å²) < 4.78 is 9.57. The number of aryl methyl sites for hydroxylation is 1. The number of amides is 2. The highest BCUT2D eigenvalue weighted by Crippen LogP contribution is 2.22. The summed E-state index contributed by atoms with van der Waals surface area (Å²) in [5.74, 6) is -0.525. The van der Waals surface area contributed by atoms with Gasteiger partial charge in [-0.2, -0.15) is 5.26 Å². The molecule has 0 saturated carbocycles. The first-order valence-electron chi connectivity index (χ1n) is 12.1. The van der Waals surface area contributed by atoms with Gasteiger partial charge in [0.1, 0.15) is 0 Å². The van der Waals surface area contributed by atoms with E-state index in [1.807, 2.05) is 31.2 Å². The van der Waals surface area contributed by atoms with Gasteiger partial charge in [-0.15, -0.1) is 0 Å². The fourth-order valence-corrected chi connectivity index (χ4v) is 3.23. The first kappa shape index (κ1) is 30.2. The lowest BCUT2D eigenvalue weighted by molar-refractivity contribution is 0.101. The number of hydrogen-bond donors (Lipinski definition) is 4. The van der Waals surface area contributed by atoms with Gasteiger partial charge in [0.05, 0.1) is 24.8 Å². The third-order valence-corrected chi connectivity index (χ3v) is 5.37. The largest absolute Gasteiger partial charge is 0.383 e. The van der Waals surface area contributed by atoms with Crippen LogP contribution in [0.25, 0.3) is 0 Å². The Morgan fingerprint density at radius 3 is 2.03 bits per heavy atom. The van der Waals surface area contributed by atoms with Crippen LogP contribution in [0.4, 0.5) is 11.4 Å². The Morgan fingerprint density at radius 1 is 0.868 bits per heavy atom. The molecule has 0 aliphatic heterocycles. The van der Waals surface area contributed by atoms with Crippen LogP contribution in [0.5, 0.6) is 0 Å². The lowest BCUT2D eigenvalue weighted by Gasteiger charge is -2.12. The zero-order valence-corrected chi connectivity index (χ0v) is 22.0. The van der Waals surface area contributed by atoms with Gasteiger partial charge in [-0.1, -0.05) is 18.2 Å². The van der Waals surface area contributed by atoms with Gasteiger partial charge in [-0.3, -0.25) is 9.59 Å². The lowest BCUT2D eigenvalue weighted by Crippen LogP contribution is -2.18. The van der Waals surface area contributed by atoms with E-state index in [0.717, 1.165) is 17.7 Å². The molecule has 3 aromatic carbocycles. The quantitative estimate of drug-likeness (QED) is 0.285. The molecule has 0 aliphatic carbocycles. The highest BCUT2D eigenvalue weighted by Gasteiger charge is 2.11. The van der Waals surface area contributed by atoms with E-state index >= 15 is 0 Å². The van der Waals surface area contributed by atoms with Crippen molar-refractivity contribution in [1.29, 1.82) is 5.26 Å². The summed E-state index contributed by atoms with van der Waals surface area (Å²) in [6, 6.07) is 21.1. The minimum atomic E-state index is -0.296. The van der Waals surface area contributed by atoms with Gasteiger partial charge < -0.3 is 31.2 Å². The van der Waals surface area contributed by atoms with Crippen LogP contribution in [0.1, 0.15) is 37.4 Å². The Kier molecular flexibility index (Phi) is 13.2. The summed E-state index contributed by atoms with van der Waals surface area (Å²) in [5.41, 5.74) is 9.61. The molecule has 0 heterocycles. The van der Waals surface area contributed by atoms with Gasteiger partial charge in [0, 0.05) is 56.4 Å². The van der Waals surface area contributed by atoms with E-state index in [9.17, 15) is 9.59 Å². The predicted octanol–water partition coefficient (Wildman–Crippen LogP) is 3.70. The van der Waals surface area contributed by atoms with Gasteiger partial charge in [0.2, 0.25) is 0 Å². The molecule has 0 atom stereocenters. The highest BCUT2D eigenvalue weighted by molar-refractivity contribution is 6.06. The van der Waals surface area contributed by atoms with Gasteiger partial charge in [-0.05, 0) is 66.6 Å². The number of carbonyl (C=O) groups excluding carboxylic acids is 2. The maximum absolute atomic E-state index is 12.7. The van der Waals surface area contributed by atoms with Gasteiger partial charge >= 0.3 is 0 Å². The molecule has 0 saturated heterocycles. The Balaban J connectivity index is 0.000000926. The molecule has 0 aliphatic rings. The monoisotopic (exact) mass is 517 g/mol. The van der Waals surface area contributed by atoms with Crippen molar-refractivity contribution >= 4 is 23.2 Å². The number of methoxy groups -OCH3 is 2. The van der Waals surface area contributed by atoms with Crippen molar-refractivity contribution in [1.82, 2.24) is 5.32 Å². The zero-order valence-electron chi connectivity index (χ0n) is 22.0. The van der Waals surface area contributed by atoms with Gasteiger partial charge in [0.25, 0.3) is 11.8 Å². The van der Waals surface area contributed by atoms with Gasteiger partial charge in [0.15, 0.2) is 0 Å². The van der Waals surface area contributed by atoms with E-state index in [2.05, 4.69) is 20.7 Å². The molecule has 3 rings (SSSR count). The minimum Gasteiger partial charge on any atom is -0.383 e. The average molecular weight is 518 g/mol. The van der Waals surface area contributed by atoms with Crippen LogP contribution >= 0.6 is 0 Å². The van der Waals surface area contributed by atoms with Crippen LogP contribution in [0.3, 0.4) is 0 Å². The summed E-state index contributed by atoms with van der Waals surface area (Å²) in [5, 5.41) is 17.9. The predicted molar refractivity (Wildman–Crippen MR) is 149 cm³/mol. The fourth-order valence-electron chi connectivity index (χ4n) is 3.23. The molecule has 2 amide bonds. The number of nitrogens with two attached hydrogens (primary N) is 1. The van der Waals surface area contributed by atoms with E-state index in [1.165, 1.54) is 0 Å². The zero-order chi connectivity index (χ0) is 27.8. The number of rotatable bonds is 11. The number of nitrogens with one attached hydrogen (secondary N) is 3. The van der Waals surface area contributed by atoms with Crippen molar-refractivity contribution < 1.29 is 19.1 Å². The van der Waals surface area contributed by atoms with E-state index < -0.39 is 0 Å². The molecule has 5 N–H and O–H groups in total. The highest BCUT2D eigenvalue weighted by atomic mass is 16.5. The van der Waals surface area contributed by atoms with E-state index in [4.69, 9.17) is 15.7 Å². The molecule has 0 fully saturated rings. The van der Waals surface area contributed by atoms with Crippen LogP contribution in [0, 0.1) is 18.3 Å². The number of hydrogen-bond acceptors (Lipinski definition) is 7. The van der Waals surface area contributed by atoms with Crippen molar-refractivity contribution in [3.8, 4) is 6.07 Å². The van der Waals surface area contributed by atoms with Crippen LogP contribution in [0.2, 0.25) is 0 Å². The number of benzene rings is 3. The molecule has 38 heavy (non-hydrogen) atoms. The van der Waals surface area contributed by atoms with Crippen molar-refractivity contribution in [2.75, 3.05) is 51.2 Å². The third-order valence-electron chi connectivity index (χ3n) is 5.37. The Labute approximate surface area is 223 Å². The standard InChI is InChI=1S/C26H26N4O3.C3H9NO/c1-18-3-12-23(29-25(31)21-8-4-19(16-27)5-9-21)15-24(18)30-26(32)22-10-6-20(7-11-22)17-28-13-14-33-2;1-5-3-2-4/h3-12,15,28H,13-14,17H2,1-2H3,(H,29,31)(H,30,32);2-4H2,1H3. The van der Waals surface area contributed by atoms with Crippen LogP contribution in [-0.2, 0) is 16.0 Å². The number of ether oxygens (including phenoxy) is 2. The Bertz CT molecular complexity index is 1200. The first-order chi connectivity index (χ1) is 18.4. The Hall–Kier alpha value is -4.07. The molecule has 9 heteroatoms. The second-order valence-corrected chi connectivity index (χ2v) is 8.28.